The molecule has 0 aliphatic heterocycles. The fourth-order valence-electron chi connectivity index (χ4n) is 2.00. The molecular weight excluding hydrogens is 246 g/mol. The molecule has 1 amide bonds. The van der Waals surface area contributed by atoms with Crippen molar-refractivity contribution < 1.29 is 19.1 Å². The number of benzene rings is 1. The molecule has 0 bridgehead atoms. The summed E-state index contributed by atoms with van der Waals surface area (Å²) in [7, 11) is 2.79. The van der Waals surface area contributed by atoms with E-state index in [-0.39, 0.29) is 0 Å². The van der Waals surface area contributed by atoms with Gasteiger partial charge in [0.25, 0.3) is 0 Å². The van der Waals surface area contributed by atoms with Crippen molar-refractivity contribution in [3.05, 3.63) is 28.8 Å². The Hall–Kier alpha value is -2.04. The molecule has 0 unspecified atom stereocenters. The molecule has 0 heterocycles. The second-order valence-electron chi connectivity index (χ2n) is 4.27. The van der Waals surface area contributed by atoms with Crippen molar-refractivity contribution in [2.75, 3.05) is 20.8 Å². The van der Waals surface area contributed by atoms with Gasteiger partial charge in [-0.05, 0) is 31.4 Å². The standard InChI is InChI=1S/C14H19NO4/c1-9-7-10(2)12(18-3)11(8-9)5-6-15-13(16)14(17)19-4/h7-8H,5-6H2,1-4H3,(H,15,16). The zero-order valence-corrected chi connectivity index (χ0v) is 11.7. The van der Waals surface area contributed by atoms with Crippen molar-refractivity contribution in [3.8, 4) is 5.75 Å². The highest BCUT2D eigenvalue weighted by atomic mass is 16.5. The second kappa shape index (κ2) is 6.78. The van der Waals surface area contributed by atoms with Crippen LogP contribution in [0.1, 0.15) is 16.7 Å². The molecule has 0 fully saturated rings. The number of esters is 1. The van der Waals surface area contributed by atoms with E-state index in [2.05, 4.69) is 10.1 Å². The summed E-state index contributed by atoms with van der Waals surface area (Å²) in [6.45, 7) is 4.33. The van der Waals surface area contributed by atoms with Gasteiger partial charge in [-0.3, -0.25) is 4.79 Å². The Morgan fingerprint density at radius 1 is 1.21 bits per heavy atom. The monoisotopic (exact) mass is 265 g/mol. The summed E-state index contributed by atoms with van der Waals surface area (Å²) < 4.78 is 9.68. The number of ether oxygens (including phenoxy) is 2. The van der Waals surface area contributed by atoms with Gasteiger partial charge >= 0.3 is 11.9 Å². The number of hydrogen-bond acceptors (Lipinski definition) is 4. The lowest BCUT2D eigenvalue weighted by molar-refractivity contribution is -0.152. The first kappa shape index (κ1) is 15.0. The third-order valence-electron chi connectivity index (χ3n) is 2.75. The summed E-state index contributed by atoms with van der Waals surface area (Å²) in [5, 5.41) is 2.50. The van der Waals surface area contributed by atoms with E-state index in [1.807, 2.05) is 26.0 Å². The van der Waals surface area contributed by atoms with Crippen LogP contribution in [-0.2, 0) is 20.7 Å². The highest BCUT2D eigenvalue weighted by Crippen LogP contribution is 2.25. The maximum Gasteiger partial charge on any atom is 0.396 e. The number of hydrogen-bond donors (Lipinski definition) is 1. The van der Waals surface area contributed by atoms with Crippen molar-refractivity contribution in [1.29, 1.82) is 0 Å². The maximum absolute atomic E-state index is 11.2. The lowest BCUT2D eigenvalue weighted by atomic mass is 10.0. The molecule has 5 heteroatoms. The largest absolute Gasteiger partial charge is 0.496 e. The van der Waals surface area contributed by atoms with Gasteiger partial charge in [0.1, 0.15) is 5.75 Å². The van der Waals surface area contributed by atoms with Gasteiger partial charge < -0.3 is 14.8 Å². The van der Waals surface area contributed by atoms with Crippen LogP contribution in [-0.4, -0.2) is 32.6 Å². The van der Waals surface area contributed by atoms with E-state index < -0.39 is 11.9 Å². The summed E-state index contributed by atoms with van der Waals surface area (Å²) >= 11 is 0. The molecule has 0 saturated carbocycles. The zero-order valence-electron chi connectivity index (χ0n) is 11.7. The summed E-state index contributed by atoms with van der Waals surface area (Å²) in [4.78, 5) is 22.2. The molecular formula is C14H19NO4. The highest BCUT2D eigenvalue weighted by molar-refractivity contribution is 6.32. The minimum Gasteiger partial charge on any atom is -0.496 e. The number of carbonyl (C=O) groups is 2. The van der Waals surface area contributed by atoms with Crippen LogP contribution in [0.15, 0.2) is 12.1 Å². The molecule has 0 aliphatic rings. The topological polar surface area (TPSA) is 64.6 Å². The van der Waals surface area contributed by atoms with E-state index in [1.54, 1.807) is 7.11 Å². The van der Waals surface area contributed by atoms with Gasteiger partial charge in [0.2, 0.25) is 0 Å². The number of nitrogens with one attached hydrogen (secondary N) is 1. The molecule has 1 N–H and O–H groups in total. The zero-order chi connectivity index (χ0) is 14.4. The van der Waals surface area contributed by atoms with Gasteiger partial charge in [0.15, 0.2) is 0 Å². The summed E-state index contributed by atoms with van der Waals surface area (Å²) in [5.74, 6) is -0.795. The average Bonchev–Trinajstić information content (AvgIpc) is 2.37. The summed E-state index contributed by atoms with van der Waals surface area (Å²) in [5.41, 5.74) is 3.19. The Balaban J connectivity index is 2.68. The molecule has 5 nitrogen and oxygen atoms in total. The first-order valence-electron chi connectivity index (χ1n) is 5.99. The molecule has 0 spiro atoms. The van der Waals surface area contributed by atoms with Gasteiger partial charge in [-0.25, -0.2) is 4.79 Å². The van der Waals surface area contributed by atoms with Crippen LogP contribution in [0.25, 0.3) is 0 Å². The van der Waals surface area contributed by atoms with E-state index in [0.717, 1.165) is 22.4 Å². The first-order chi connectivity index (χ1) is 8.99. The molecule has 1 aromatic carbocycles. The van der Waals surface area contributed by atoms with Crippen molar-refractivity contribution in [2.45, 2.75) is 20.3 Å². The molecule has 19 heavy (non-hydrogen) atoms. The van der Waals surface area contributed by atoms with Crippen LogP contribution in [0, 0.1) is 13.8 Å². The molecule has 0 atom stereocenters. The number of amides is 1. The van der Waals surface area contributed by atoms with Gasteiger partial charge in [-0.2, -0.15) is 0 Å². The van der Waals surface area contributed by atoms with Crippen molar-refractivity contribution in [1.82, 2.24) is 5.32 Å². The molecule has 0 radical (unpaired) electrons. The summed E-state index contributed by atoms with van der Waals surface area (Å²) in [6, 6.07) is 4.05. The van der Waals surface area contributed by atoms with Crippen LogP contribution in [0.3, 0.4) is 0 Å². The molecule has 0 aliphatic carbocycles. The SMILES string of the molecule is COC(=O)C(=O)NCCc1cc(C)cc(C)c1OC. The Labute approximate surface area is 112 Å². The van der Waals surface area contributed by atoms with E-state index >= 15 is 0 Å². The van der Waals surface area contributed by atoms with E-state index in [9.17, 15) is 9.59 Å². The van der Waals surface area contributed by atoms with Crippen LogP contribution >= 0.6 is 0 Å². The summed E-state index contributed by atoms with van der Waals surface area (Å²) in [6.07, 6.45) is 0.592. The van der Waals surface area contributed by atoms with Gasteiger partial charge in [-0.15, -0.1) is 0 Å². The van der Waals surface area contributed by atoms with Crippen molar-refractivity contribution >= 4 is 11.9 Å². The Kier molecular flexibility index (Phi) is 5.36. The van der Waals surface area contributed by atoms with Gasteiger partial charge in [0.05, 0.1) is 14.2 Å². The Bertz CT molecular complexity index is 483. The first-order valence-corrected chi connectivity index (χ1v) is 5.99. The number of carbonyl (C=O) groups excluding carboxylic acids is 2. The van der Waals surface area contributed by atoms with Gasteiger partial charge in [-0.1, -0.05) is 17.7 Å². The molecule has 104 valence electrons. The minimum atomic E-state index is -0.882. The third kappa shape index (κ3) is 3.98. The van der Waals surface area contributed by atoms with Crippen LogP contribution in [0.5, 0.6) is 5.75 Å². The Morgan fingerprint density at radius 2 is 1.89 bits per heavy atom. The minimum absolute atomic E-state index is 0.354. The van der Waals surface area contributed by atoms with E-state index in [1.165, 1.54) is 7.11 Å². The van der Waals surface area contributed by atoms with Crippen LogP contribution in [0.2, 0.25) is 0 Å². The smallest absolute Gasteiger partial charge is 0.396 e. The highest BCUT2D eigenvalue weighted by Gasteiger charge is 2.13. The fraction of sp³-hybridized carbons (Fsp3) is 0.429. The predicted molar refractivity (Wildman–Crippen MR) is 71.2 cm³/mol. The van der Waals surface area contributed by atoms with Crippen molar-refractivity contribution in [2.24, 2.45) is 0 Å². The number of aryl methyl sites for hydroxylation is 2. The van der Waals surface area contributed by atoms with E-state index in [4.69, 9.17) is 4.74 Å². The van der Waals surface area contributed by atoms with Crippen LogP contribution < -0.4 is 10.1 Å². The molecule has 1 aromatic rings. The maximum atomic E-state index is 11.2. The molecule has 1 rings (SSSR count). The average molecular weight is 265 g/mol. The normalized spacial score (nSPS) is 9.89. The Morgan fingerprint density at radius 3 is 2.47 bits per heavy atom. The third-order valence-corrected chi connectivity index (χ3v) is 2.75. The quantitative estimate of drug-likeness (QED) is 0.655. The predicted octanol–water partition coefficient (Wildman–Crippen LogP) is 1.14. The number of rotatable bonds is 4. The van der Waals surface area contributed by atoms with Crippen molar-refractivity contribution in [3.63, 3.8) is 0 Å². The lowest BCUT2D eigenvalue weighted by Crippen LogP contribution is -2.33. The molecule has 0 aromatic heterocycles. The molecule has 0 saturated heterocycles. The fourth-order valence-corrected chi connectivity index (χ4v) is 2.00. The number of methoxy groups -OCH3 is 2. The lowest BCUT2D eigenvalue weighted by Gasteiger charge is -2.13. The van der Waals surface area contributed by atoms with Crippen LogP contribution in [0.4, 0.5) is 0 Å². The van der Waals surface area contributed by atoms with E-state index in [0.29, 0.717) is 13.0 Å². The van der Waals surface area contributed by atoms with Gasteiger partial charge in [0, 0.05) is 6.54 Å². The second-order valence-corrected chi connectivity index (χ2v) is 4.27.